The fourth-order valence-electron chi connectivity index (χ4n) is 2.37. The molecule has 2 aromatic carbocycles. The number of carbonyl (C=O) groups excluding carboxylic acids is 1. The minimum absolute atomic E-state index is 0.0125. The van der Waals surface area contributed by atoms with Crippen LogP contribution in [0.3, 0.4) is 0 Å². The van der Waals surface area contributed by atoms with Gasteiger partial charge in [0.15, 0.2) is 0 Å². The Hall–Kier alpha value is -2.00. The summed E-state index contributed by atoms with van der Waals surface area (Å²) in [6, 6.07) is 6.85. The van der Waals surface area contributed by atoms with Crippen molar-refractivity contribution in [3.8, 4) is 11.5 Å². The van der Waals surface area contributed by atoms with Gasteiger partial charge in [0.05, 0.1) is 35.5 Å². The number of rotatable bonds is 7. The molecule has 0 aliphatic heterocycles. The van der Waals surface area contributed by atoms with Gasteiger partial charge in [0.25, 0.3) is 5.91 Å². The van der Waals surface area contributed by atoms with E-state index < -0.39 is 15.9 Å². The molecule has 152 valence electrons. The van der Waals surface area contributed by atoms with Gasteiger partial charge in [-0.1, -0.05) is 23.2 Å². The van der Waals surface area contributed by atoms with Crippen LogP contribution in [0.1, 0.15) is 24.2 Å². The zero-order valence-electron chi connectivity index (χ0n) is 15.7. The normalized spacial score (nSPS) is 11.4. The fourth-order valence-corrected chi connectivity index (χ4v) is 4.48. The second kappa shape index (κ2) is 9.00. The Labute approximate surface area is 174 Å². The molecule has 0 saturated heterocycles. The smallest absolute Gasteiger partial charge is 0.257 e. The van der Waals surface area contributed by atoms with E-state index >= 15 is 0 Å². The summed E-state index contributed by atoms with van der Waals surface area (Å²) in [6.45, 7) is 3.34. The number of carbonyl (C=O) groups is 1. The monoisotopic (exact) mass is 446 g/mol. The van der Waals surface area contributed by atoms with Crippen LogP contribution in [0, 0.1) is 0 Å². The molecular formula is C18H20Cl2N2O5S. The number of methoxy groups -OCH3 is 2. The van der Waals surface area contributed by atoms with Gasteiger partial charge in [-0.05, 0) is 38.1 Å². The third-order valence-corrected chi connectivity index (χ3v) is 6.04. The van der Waals surface area contributed by atoms with Crippen LogP contribution in [-0.4, -0.2) is 34.6 Å². The van der Waals surface area contributed by atoms with Crippen molar-refractivity contribution in [1.29, 1.82) is 0 Å². The van der Waals surface area contributed by atoms with Crippen molar-refractivity contribution in [1.82, 2.24) is 4.72 Å². The molecule has 0 saturated carbocycles. The van der Waals surface area contributed by atoms with E-state index in [1.165, 1.54) is 20.3 Å². The average Bonchev–Trinajstić information content (AvgIpc) is 2.60. The topological polar surface area (TPSA) is 93.7 Å². The Morgan fingerprint density at radius 3 is 2.29 bits per heavy atom. The molecule has 0 aromatic heterocycles. The Balaban J connectivity index is 2.43. The Morgan fingerprint density at radius 1 is 1.04 bits per heavy atom. The van der Waals surface area contributed by atoms with Crippen LogP contribution >= 0.6 is 23.2 Å². The molecule has 0 atom stereocenters. The molecule has 7 nitrogen and oxygen atoms in total. The number of hydrogen-bond donors (Lipinski definition) is 2. The summed E-state index contributed by atoms with van der Waals surface area (Å²) in [7, 11) is -0.965. The van der Waals surface area contributed by atoms with Gasteiger partial charge >= 0.3 is 0 Å². The Bertz CT molecular complexity index is 994. The van der Waals surface area contributed by atoms with Gasteiger partial charge in [-0.2, -0.15) is 0 Å². The molecule has 0 spiro atoms. The molecule has 0 aliphatic rings. The maximum atomic E-state index is 12.7. The summed E-state index contributed by atoms with van der Waals surface area (Å²) in [5.74, 6) is 0.297. The lowest BCUT2D eigenvalue weighted by Crippen LogP contribution is -2.30. The van der Waals surface area contributed by atoms with Crippen molar-refractivity contribution < 1.29 is 22.7 Å². The third kappa shape index (κ3) is 5.08. The van der Waals surface area contributed by atoms with E-state index in [2.05, 4.69) is 10.0 Å². The van der Waals surface area contributed by atoms with Crippen LogP contribution in [0.2, 0.25) is 10.0 Å². The first-order valence-electron chi connectivity index (χ1n) is 8.13. The van der Waals surface area contributed by atoms with Crippen LogP contribution in [0.5, 0.6) is 11.5 Å². The van der Waals surface area contributed by atoms with E-state index in [0.29, 0.717) is 17.2 Å². The number of ether oxygens (including phenoxy) is 2. The van der Waals surface area contributed by atoms with Crippen molar-refractivity contribution in [2.24, 2.45) is 0 Å². The molecule has 0 bridgehead atoms. The quantitative estimate of drug-likeness (QED) is 0.671. The van der Waals surface area contributed by atoms with E-state index in [9.17, 15) is 13.2 Å². The summed E-state index contributed by atoms with van der Waals surface area (Å²) < 4.78 is 37.7. The molecule has 2 aromatic rings. The van der Waals surface area contributed by atoms with E-state index in [4.69, 9.17) is 32.7 Å². The van der Waals surface area contributed by atoms with E-state index in [1.54, 1.807) is 32.0 Å². The van der Waals surface area contributed by atoms with E-state index in [-0.39, 0.29) is 26.5 Å². The lowest BCUT2D eigenvalue weighted by molar-refractivity contribution is 0.102. The number of nitrogens with one attached hydrogen (secondary N) is 2. The van der Waals surface area contributed by atoms with Crippen molar-refractivity contribution in [2.75, 3.05) is 19.5 Å². The van der Waals surface area contributed by atoms with Crippen molar-refractivity contribution >= 4 is 44.8 Å². The standard InChI is InChI=1S/C18H20Cl2N2O5S/c1-10(2)22-28(24,25)17-8-12(13(19)9-14(17)20)18(23)21-15-6-5-11(26-3)7-16(15)27-4/h5-10,22H,1-4H3,(H,21,23). The summed E-state index contributed by atoms with van der Waals surface area (Å²) in [5, 5.41) is 2.57. The first-order valence-corrected chi connectivity index (χ1v) is 10.4. The predicted octanol–water partition coefficient (Wildman–Crippen LogP) is 3.95. The highest BCUT2D eigenvalue weighted by atomic mass is 35.5. The Morgan fingerprint density at radius 2 is 1.71 bits per heavy atom. The van der Waals surface area contributed by atoms with Gasteiger partial charge in [0.2, 0.25) is 10.0 Å². The molecule has 0 radical (unpaired) electrons. The summed E-state index contributed by atoms with van der Waals surface area (Å²) in [4.78, 5) is 12.5. The maximum Gasteiger partial charge on any atom is 0.257 e. The number of halogens is 2. The first kappa shape index (κ1) is 22.3. The van der Waals surface area contributed by atoms with Crippen LogP contribution in [0.25, 0.3) is 0 Å². The SMILES string of the molecule is COc1ccc(NC(=O)c2cc(S(=O)(=O)NC(C)C)c(Cl)cc2Cl)c(OC)c1. The molecule has 0 heterocycles. The van der Waals surface area contributed by atoms with Crippen LogP contribution < -0.4 is 19.5 Å². The van der Waals surface area contributed by atoms with E-state index in [0.717, 1.165) is 6.07 Å². The highest BCUT2D eigenvalue weighted by Gasteiger charge is 2.24. The van der Waals surface area contributed by atoms with Crippen LogP contribution in [0.4, 0.5) is 5.69 Å². The number of anilines is 1. The van der Waals surface area contributed by atoms with Crippen molar-refractivity contribution in [3.63, 3.8) is 0 Å². The number of sulfonamides is 1. The molecule has 28 heavy (non-hydrogen) atoms. The lowest BCUT2D eigenvalue weighted by Gasteiger charge is -2.15. The van der Waals surface area contributed by atoms with Gasteiger partial charge in [0, 0.05) is 12.1 Å². The predicted molar refractivity (Wildman–Crippen MR) is 109 cm³/mol. The molecule has 0 unspecified atom stereocenters. The molecule has 2 rings (SSSR count). The summed E-state index contributed by atoms with van der Waals surface area (Å²) in [5.41, 5.74) is 0.317. The van der Waals surface area contributed by atoms with Gasteiger partial charge < -0.3 is 14.8 Å². The molecule has 10 heteroatoms. The van der Waals surface area contributed by atoms with E-state index in [1.807, 2.05) is 0 Å². The molecule has 2 N–H and O–H groups in total. The lowest BCUT2D eigenvalue weighted by atomic mass is 10.2. The fraction of sp³-hybridized carbons (Fsp3) is 0.278. The highest BCUT2D eigenvalue weighted by Crippen LogP contribution is 2.32. The molecule has 1 amide bonds. The average molecular weight is 447 g/mol. The van der Waals surface area contributed by atoms with Gasteiger partial charge in [-0.25, -0.2) is 13.1 Å². The maximum absolute atomic E-state index is 12.7. The molecule has 0 fully saturated rings. The largest absolute Gasteiger partial charge is 0.497 e. The zero-order chi connectivity index (χ0) is 21.1. The molecule has 0 aliphatic carbocycles. The van der Waals surface area contributed by atoms with Crippen LogP contribution in [0.15, 0.2) is 35.2 Å². The second-order valence-corrected chi connectivity index (χ2v) is 8.56. The van der Waals surface area contributed by atoms with Crippen molar-refractivity contribution in [3.05, 3.63) is 45.9 Å². The summed E-state index contributed by atoms with van der Waals surface area (Å²) in [6.07, 6.45) is 0. The van der Waals surface area contributed by atoms with Gasteiger partial charge in [-0.15, -0.1) is 0 Å². The molecular weight excluding hydrogens is 427 g/mol. The minimum atomic E-state index is -3.92. The highest BCUT2D eigenvalue weighted by molar-refractivity contribution is 7.89. The number of hydrogen-bond acceptors (Lipinski definition) is 5. The minimum Gasteiger partial charge on any atom is -0.497 e. The third-order valence-electron chi connectivity index (χ3n) is 3.60. The van der Waals surface area contributed by atoms with Crippen LogP contribution in [-0.2, 0) is 10.0 Å². The second-order valence-electron chi connectivity index (χ2n) is 6.06. The Kier molecular flexibility index (Phi) is 7.16. The van der Waals surface area contributed by atoms with Gasteiger partial charge in [0.1, 0.15) is 16.4 Å². The zero-order valence-corrected chi connectivity index (χ0v) is 18.0. The van der Waals surface area contributed by atoms with Crippen molar-refractivity contribution in [2.45, 2.75) is 24.8 Å². The number of benzene rings is 2. The summed E-state index contributed by atoms with van der Waals surface area (Å²) >= 11 is 12.2. The van der Waals surface area contributed by atoms with Gasteiger partial charge in [-0.3, -0.25) is 4.79 Å². The number of amides is 1. The first-order chi connectivity index (χ1) is 13.1.